The van der Waals surface area contributed by atoms with Crippen LogP contribution in [0.15, 0.2) is 57.8 Å². The number of nitrogens with zero attached hydrogens (tertiary/aromatic N) is 1. The van der Waals surface area contributed by atoms with Gasteiger partial charge in [0.05, 0.1) is 12.0 Å². The molecule has 3 rings (SSSR count). The number of benzene rings is 1. The minimum atomic E-state index is -0.584. The summed E-state index contributed by atoms with van der Waals surface area (Å²) < 4.78 is 5.00. The number of hydrogen-bond donors (Lipinski definition) is 0. The van der Waals surface area contributed by atoms with E-state index in [1.807, 2.05) is 24.3 Å². The normalized spacial score (nSPS) is 18.3. The average Bonchev–Trinajstić information content (AvgIpc) is 3.10. The van der Waals surface area contributed by atoms with Crippen molar-refractivity contribution in [1.82, 2.24) is 0 Å². The van der Waals surface area contributed by atoms with Crippen molar-refractivity contribution in [2.45, 2.75) is 25.7 Å². The molecule has 0 saturated heterocycles. The Bertz CT molecular complexity index is 730. The molecule has 5 heteroatoms. The highest BCUT2D eigenvalue weighted by molar-refractivity contribution is 6.30. The molecule has 2 aromatic rings. The van der Waals surface area contributed by atoms with Crippen molar-refractivity contribution in [3.05, 3.63) is 64.6 Å². The molecule has 0 amide bonds. The average molecular weight is 330 g/mol. The first-order valence-corrected chi connectivity index (χ1v) is 7.88. The molecule has 1 aliphatic carbocycles. The number of oxime groups is 1. The second-order valence-corrected chi connectivity index (χ2v) is 5.76. The van der Waals surface area contributed by atoms with E-state index in [-0.39, 0.29) is 5.76 Å². The van der Waals surface area contributed by atoms with Gasteiger partial charge in [0, 0.05) is 5.02 Å². The van der Waals surface area contributed by atoms with Gasteiger partial charge in [-0.2, -0.15) is 0 Å². The van der Waals surface area contributed by atoms with Gasteiger partial charge in [0.15, 0.2) is 0 Å². The molecule has 0 aliphatic heterocycles. The molecule has 1 aromatic heterocycles. The number of halogens is 1. The molecule has 23 heavy (non-hydrogen) atoms. The van der Waals surface area contributed by atoms with Gasteiger partial charge in [0.1, 0.15) is 0 Å². The molecule has 0 spiro atoms. The predicted molar refractivity (Wildman–Crippen MR) is 89.5 cm³/mol. The molecule has 0 unspecified atom stereocenters. The summed E-state index contributed by atoms with van der Waals surface area (Å²) in [7, 11) is 0. The topological polar surface area (TPSA) is 51.8 Å². The molecular weight excluding hydrogens is 314 g/mol. The van der Waals surface area contributed by atoms with Gasteiger partial charge in [-0.25, -0.2) is 4.79 Å². The van der Waals surface area contributed by atoms with Crippen molar-refractivity contribution in [1.29, 1.82) is 0 Å². The summed E-state index contributed by atoms with van der Waals surface area (Å²) in [6, 6.07) is 10.8. The summed E-state index contributed by atoms with van der Waals surface area (Å²) in [6.07, 6.45) is 7.34. The third kappa shape index (κ3) is 4.11. The monoisotopic (exact) mass is 329 g/mol. The van der Waals surface area contributed by atoms with E-state index < -0.39 is 5.97 Å². The van der Waals surface area contributed by atoms with E-state index in [1.165, 1.54) is 6.26 Å². The molecule has 1 saturated carbocycles. The summed E-state index contributed by atoms with van der Waals surface area (Å²) >= 11 is 5.91. The summed E-state index contributed by atoms with van der Waals surface area (Å²) in [6.45, 7) is 0. The van der Waals surface area contributed by atoms with Crippen LogP contribution in [-0.4, -0.2) is 11.7 Å². The Morgan fingerprint density at radius 3 is 2.70 bits per heavy atom. The largest absolute Gasteiger partial charge is 0.457 e. The lowest BCUT2D eigenvalue weighted by molar-refractivity contribution is 0.0479. The maximum Gasteiger partial charge on any atom is 0.400 e. The number of allylic oxidation sites excluding steroid dienone is 1. The first-order valence-electron chi connectivity index (χ1n) is 7.50. The Labute approximate surface area is 139 Å². The lowest BCUT2D eigenvalue weighted by Gasteiger charge is -2.16. The zero-order valence-electron chi connectivity index (χ0n) is 12.5. The van der Waals surface area contributed by atoms with Crippen LogP contribution in [0.2, 0.25) is 5.02 Å². The van der Waals surface area contributed by atoms with E-state index in [0.29, 0.717) is 5.02 Å². The fourth-order valence-corrected chi connectivity index (χ4v) is 2.59. The van der Waals surface area contributed by atoms with Crippen molar-refractivity contribution in [2.75, 3.05) is 0 Å². The fraction of sp³-hybridized carbons (Fsp3) is 0.222. The van der Waals surface area contributed by atoms with Crippen molar-refractivity contribution in [3.8, 4) is 0 Å². The Morgan fingerprint density at radius 2 is 1.96 bits per heavy atom. The third-order valence-electron chi connectivity index (χ3n) is 3.65. The van der Waals surface area contributed by atoms with Crippen LogP contribution in [0.3, 0.4) is 0 Å². The Balaban J connectivity index is 1.77. The standard InChI is InChI=1S/C18H16ClNO3/c19-15-9-7-13(8-10-15)12-14-4-1-2-5-16(14)20-23-18(21)17-6-3-11-22-17/h3,6-12H,1-2,4-5H2/b14-12+,20-16-. The predicted octanol–water partition coefficient (Wildman–Crippen LogP) is 5.10. The lowest BCUT2D eigenvalue weighted by atomic mass is 9.91. The smallest absolute Gasteiger partial charge is 0.400 e. The summed E-state index contributed by atoms with van der Waals surface area (Å²) in [4.78, 5) is 16.8. The highest BCUT2D eigenvalue weighted by atomic mass is 35.5. The number of furan rings is 1. The third-order valence-corrected chi connectivity index (χ3v) is 3.90. The first-order chi connectivity index (χ1) is 11.2. The number of carbonyl (C=O) groups is 1. The molecule has 1 fully saturated rings. The number of rotatable bonds is 3. The zero-order valence-corrected chi connectivity index (χ0v) is 13.3. The van der Waals surface area contributed by atoms with Crippen LogP contribution in [-0.2, 0) is 4.84 Å². The van der Waals surface area contributed by atoms with Gasteiger partial charge in [-0.05, 0) is 67.2 Å². The quantitative estimate of drug-likeness (QED) is 0.581. The van der Waals surface area contributed by atoms with E-state index in [2.05, 4.69) is 11.2 Å². The van der Waals surface area contributed by atoms with E-state index in [0.717, 1.165) is 42.5 Å². The van der Waals surface area contributed by atoms with Gasteiger partial charge >= 0.3 is 5.97 Å². The lowest BCUT2D eigenvalue weighted by Crippen LogP contribution is -2.11. The molecule has 1 aromatic carbocycles. The Morgan fingerprint density at radius 1 is 1.17 bits per heavy atom. The molecular formula is C18H16ClNO3. The van der Waals surface area contributed by atoms with E-state index in [9.17, 15) is 4.79 Å². The van der Waals surface area contributed by atoms with Gasteiger partial charge < -0.3 is 9.25 Å². The van der Waals surface area contributed by atoms with Crippen LogP contribution >= 0.6 is 11.6 Å². The van der Waals surface area contributed by atoms with Gasteiger partial charge in [0.2, 0.25) is 5.76 Å². The molecule has 0 atom stereocenters. The minimum Gasteiger partial charge on any atom is -0.457 e. The summed E-state index contributed by atoms with van der Waals surface area (Å²) in [5.74, 6) is -0.438. The second kappa shape index (κ2) is 7.29. The highest BCUT2D eigenvalue weighted by Crippen LogP contribution is 2.24. The number of hydrogen-bond acceptors (Lipinski definition) is 4. The molecule has 4 nitrogen and oxygen atoms in total. The van der Waals surface area contributed by atoms with Gasteiger partial charge in [-0.3, -0.25) is 0 Å². The van der Waals surface area contributed by atoms with Crippen molar-refractivity contribution in [3.63, 3.8) is 0 Å². The molecule has 0 bridgehead atoms. The zero-order chi connectivity index (χ0) is 16.1. The van der Waals surface area contributed by atoms with E-state index in [4.69, 9.17) is 20.9 Å². The second-order valence-electron chi connectivity index (χ2n) is 5.32. The van der Waals surface area contributed by atoms with Crippen LogP contribution in [0.4, 0.5) is 0 Å². The van der Waals surface area contributed by atoms with Crippen molar-refractivity contribution >= 4 is 29.4 Å². The van der Waals surface area contributed by atoms with Crippen LogP contribution in [0.1, 0.15) is 41.8 Å². The first kappa shape index (κ1) is 15.6. The molecule has 1 heterocycles. The Kier molecular flexibility index (Phi) is 4.93. The van der Waals surface area contributed by atoms with Gasteiger partial charge in [-0.15, -0.1) is 0 Å². The molecule has 0 N–H and O–H groups in total. The van der Waals surface area contributed by atoms with Gasteiger partial charge in [0.25, 0.3) is 0 Å². The fourth-order valence-electron chi connectivity index (χ4n) is 2.47. The van der Waals surface area contributed by atoms with E-state index in [1.54, 1.807) is 12.1 Å². The minimum absolute atomic E-state index is 0.147. The highest BCUT2D eigenvalue weighted by Gasteiger charge is 2.16. The maximum atomic E-state index is 11.8. The maximum absolute atomic E-state index is 11.8. The van der Waals surface area contributed by atoms with Crippen LogP contribution in [0, 0.1) is 0 Å². The molecule has 1 aliphatic rings. The molecule has 118 valence electrons. The SMILES string of the molecule is O=C(O/N=C1/CCCC/C1=C\c1ccc(Cl)cc1)c1ccco1. The van der Waals surface area contributed by atoms with Crippen molar-refractivity contribution in [2.24, 2.45) is 5.16 Å². The molecule has 0 radical (unpaired) electrons. The van der Waals surface area contributed by atoms with Crippen LogP contribution < -0.4 is 0 Å². The summed E-state index contributed by atoms with van der Waals surface area (Å²) in [5, 5.41) is 4.75. The van der Waals surface area contributed by atoms with Crippen molar-refractivity contribution < 1.29 is 14.0 Å². The van der Waals surface area contributed by atoms with E-state index >= 15 is 0 Å². The Hall–Kier alpha value is -2.33. The van der Waals surface area contributed by atoms with Crippen LogP contribution in [0.5, 0.6) is 0 Å². The van der Waals surface area contributed by atoms with Crippen LogP contribution in [0.25, 0.3) is 6.08 Å². The number of carbonyl (C=O) groups excluding carboxylic acids is 1. The summed E-state index contributed by atoms with van der Waals surface area (Å²) in [5.41, 5.74) is 2.95. The van der Waals surface area contributed by atoms with Gasteiger partial charge in [-0.1, -0.05) is 28.9 Å².